The van der Waals surface area contributed by atoms with Gasteiger partial charge in [-0.25, -0.2) is 5.84 Å². The third-order valence-electron chi connectivity index (χ3n) is 2.82. The number of anilines is 2. The fourth-order valence-corrected chi connectivity index (χ4v) is 1.70. The van der Waals surface area contributed by atoms with Crippen LogP contribution in [0.3, 0.4) is 0 Å². The third kappa shape index (κ3) is 3.78. The number of nitrogens with zero attached hydrogens (tertiary/aromatic N) is 3. The lowest BCUT2D eigenvalue weighted by atomic mass is 10.1. The second-order valence-corrected chi connectivity index (χ2v) is 4.89. The number of H-pyrrole nitrogens is 1. The molecule has 8 heteroatoms. The van der Waals surface area contributed by atoms with Gasteiger partial charge in [0, 0.05) is 13.2 Å². The molecule has 0 atom stereocenters. The van der Waals surface area contributed by atoms with Crippen LogP contribution in [0.5, 0.6) is 0 Å². The van der Waals surface area contributed by atoms with Gasteiger partial charge in [0.25, 0.3) is 0 Å². The molecule has 2 aromatic heterocycles. The molecule has 110 valence electrons. The Bertz CT molecular complexity index is 540. The molecule has 0 radical (unpaired) electrons. The van der Waals surface area contributed by atoms with Crippen LogP contribution in [0.2, 0.25) is 0 Å². The van der Waals surface area contributed by atoms with Crippen molar-refractivity contribution in [3.63, 3.8) is 0 Å². The molecular weight excluding hydrogens is 258 g/mol. The lowest BCUT2D eigenvalue weighted by molar-refractivity contribution is 0.132. The van der Waals surface area contributed by atoms with Gasteiger partial charge >= 0.3 is 0 Å². The molecule has 0 saturated carbocycles. The summed E-state index contributed by atoms with van der Waals surface area (Å²) in [5, 5.41) is 10.8. The van der Waals surface area contributed by atoms with Crippen LogP contribution >= 0.6 is 0 Å². The summed E-state index contributed by atoms with van der Waals surface area (Å²) in [6.45, 7) is 6.43. The van der Waals surface area contributed by atoms with Crippen LogP contribution in [-0.4, -0.2) is 39.9 Å². The van der Waals surface area contributed by atoms with Gasteiger partial charge in [-0.2, -0.15) is 15.1 Å². The number of rotatable bonds is 8. The number of nitrogen functional groups attached to an aromatic ring is 1. The Kier molecular flexibility index (Phi) is 5.08. The maximum atomic E-state index is 5.55. The van der Waals surface area contributed by atoms with Crippen LogP contribution in [0, 0.1) is 5.92 Å². The molecule has 8 nitrogen and oxygen atoms in total. The highest BCUT2D eigenvalue weighted by Gasteiger charge is 2.08. The van der Waals surface area contributed by atoms with E-state index in [1.54, 1.807) is 6.20 Å². The summed E-state index contributed by atoms with van der Waals surface area (Å²) in [5.41, 5.74) is 3.07. The molecule has 2 aromatic rings. The average Bonchev–Trinajstić information content (AvgIpc) is 2.90. The van der Waals surface area contributed by atoms with E-state index in [9.17, 15) is 0 Å². The van der Waals surface area contributed by atoms with Crippen molar-refractivity contribution in [1.82, 2.24) is 20.2 Å². The molecule has 0 amide bonds. The molecule has 2 heterocycles. The van der Waals surface area contributed by atoms with Gasteiger partial charge in [-0.1, -0.05) is 13.8 Å². The fraction of sp³-hybridized carbons (Fsp3) is 0.583. The second-order valence-electron chi connectivity index (χ2n) is 4.89. The van der Waals surface area contributed by atoms with Gasteiger partial charge in [0.1, 0.15) is 5.82 Å². The van der Waals surface area contributed by atoms with E-state index in [0.717, 1.165) is 18.4 Å². The number of hydrazine groups is 1. The predicted octanol–water partition coefficient (Wildman–Crippen LogP) is 1.11. The third-order valence-corrected chi connectivity index (χ3v) is 2.82. The Morgan fingerprint density at radius 1 is 1.35 bits per heavy atom. The van der Waals surface area contributed by atoms with E-state index in [2.05, 4.69) is 44.8 Å². The predicted molar refractivity (Wildman–Crippen MR) is 78.3 cm³/mol. The van der Waals surface area contributed by atoms with Crippen LogP contribution in [0.15, 0.2) is 6.20 Å². The van der Waals surface area contributed by atoms with E-state index >= 15 is 0 Å². The molecule has 5 N–H and O–H groups in total. The number of aromatic amines is 1. The zero-order chi connectivity index (χ0) is 14.4. The van der Waals surface area contributed by atoms with Crippen LogP contribution in [0.25, 0.3) is 11.0 Å². The first-order chi connectivity index (χ1) is 9.70. The summed E-state index contributed by atoms with van der Waals surface area (Å²) in [6, 6.07) is 0. The van der Waals surface area contributed by atoms with Crippen molar-refractivity contribution >= 4 is 22.8 Å². The number of aromatic nitrogens is 4. The lowest BCUT2D eigenvalue weighted by Crippen LogP contribution is -2.15. The summed E-state index contributed by atoms with van der Waals surface area (Å²) in [5.74, 6) is 7.02. The first kappa shape index (κ1) is 14.5. The summed E-state index contributed by atoms with van der Waals surface area (Å²) >= 11 is 0. The summed E-state index contributed by atoms with van der Waals surface area (Å²) < 4.78 is 5.55. The van der Waals surface area contributed by atoms with Crippen molar-refractivity contribution in [3.8, 4) is 0 Å². The van der Waals surface area contributed by atoms with Crippen LogP contribution in [0.1, 0.15) is 20.3 Å². The van der Waals surface area contributed by atoms with E-state index in [4.69, 9.17) is 10.6 Å². The number of nitrogens with two attached hydrogens (primary N) is 1. The molecule has 20 heavy (non-hydrogen) atoms. The number of nitrogens with one attached hydrogen (secondary N) is 3. The molecular formula is C12H21N7O. The van der Waals surface area contributed by atoms with E-state index in [1.807, 2.05) is 0 Å². The molecule has 0 fully saturated rings. The minimum absolute atomic E-state index is 0.338. The normalized spacial score (nSPS) is 11.2. The minimum Gasteiger partial charge on any atom is -0.380 e. The number of hydrogen-bond acceptors (Lipinski definition) is 7. The Balaban J connectivity index is 1.87. The van der Waals surface area contributed by atoms with Gasteiger partial charge in [0.2, 0.25) is 5.95 Å². The average molecular weight is 279 g/mol. The fourth-order valence-electron chi connectivity index (χ4n) is 1.70. The van der Waals surface area contributed by atoms with Crippen molar-refractivity contribution < 1.29 is 4.74 Å². The van der Waals surface area contributed by atoms with E-state index in [1.165, 1.54) is 0 Å². The Labute approximate surface area is 117 Å². The number of hydrogen-bond donors (Lipinski definition) is 4. The van der Waals surface area contributed by atoms with Crippen LogP contribution < -0.4 is 16.6 Å². The maximum absolute atomic E-state index is 5.55. The smallest absolute Gasteiger partial charge is 0.241 e. The highest BCUT2D eigenvalue weighted by atomic mass is 16.5. The molecule has 0 aliphatic rings. The standard InChI is InChI=1S/C12H21N7O/c1-8(2)3-5-20-6-4-14-10-9-7-15-19-11(9)17-12(16-10)18-13/h7-8H,3-6,13H2,1-2H3,(H3,14,15,16,17,18,19). The highest BCUT2D eigenvalue weighted by Crippen LogP contribution is 2.19. The van der Waals surface area contributed by atoms with Crippen molar-refractivity contribution in [2.45, 2.75) is 20.3 Å². The molecule has 0 aromatic carbocycles. The highest BCUT2D eigenvalue weighted by molar-refractivity contribution is 5.86. The topological polar surface area (TPSA) is 114 Å². The van der Waals surface area contributed by atoms with Gasteiger partial charge in [0.15, 0.2) is 5.65 Å². The second kappa shape index (κ2) is 7.01. The van der Waals surface area contributed by atoms with Crippen molar-refractivity contribution in [1.29, 1.82) is 0 Å². The van der Waals surface area contributed by atoms with Gasteiger partial charge < -0.3 is 10.1 Å². The maximum Gasteiger partial charge on any atom is 0.241 e. The molecule has 2 rings (SSSR count). The lowest BCUT2D eigenvalue weighted by Gasteiger charge is -2.09. The minimum atomic E-state index is 0.338. The quantitative estimate of drug-likeness (QED) is 0.325. The van der Waals surface area contributed by atoms with Crippen molar-refractivity contribution in [3.05, 3.63) is 6.20 Å². The van der Waals surface area contributed by atoms with E-state index < -0.39 is 0 Å². The Hall–Kier alpha value is -1.93. The zero-order valence-corrected chi connectivity index (χ0v) is 11.8. The van der Waals surface area contributed by atoms with Gasteiger partial charge in [-0.05, 0) is 12.3 Å². The molecule has 0 unspecified atom stereocenters. The van der Waals surface area contributed by atoms with Crippen molar-refractivity contribution in [2.24, 2.45) is 11.8 Å². The Morgan fingerprint density at radius 3 is 2.95 bits per heavy atom. The summed E-state index contributed by atoms with van der Waals surface area (Å²) in [7, 11) is 0. The molecule has 0 aliphatic heterocycles. The molecule has 0 aliphatic carbocycles. The molecule has 0 saturated heterocycles. The summed E-state index contributed by atoms with van der Waals surface area (Å²) in [4.78, 5) is 8.42. The van der Waals surface area contributed by atoms with Gasteiger partial charge in [0.05, 0.1) is 18.2 Å². The monoisotopic (exact) mass is 279 g/mol. The molecule has 0 spiro atoms. The largest absolute Gasteiger partial charge is 0.380 e. The van der Waals surface area contributed by atoms with Gasteiger partial charge in [-0.15, -0.1) is 0 Å². The number of ether oxygens (including phenoxy) is 1. The van der Waals surface area contributed by atoms with Crippen molar-refractivity contribution in [2.75, 3.05) is 30.5 Å². The van der Waals surface area contributed by atoms with Gasteiger partial charge in [-0.3, -0.25) is 10.5 Å². The summed E-state index contributed by atoms with van der Waals surface area (Å²) in [6.07, 6.45) is 2.75. The first-order valence-corrected chi connectivity index (χ1v) is 6.70. The Morgan fingerprint density at radius 2 is 2.20 bits per heavy atom. The van der Waals surface area contributed by atoms with E-state index in [-0.39, 0.29) is 0 Å². The SMILES string of the molecule is CC(C)CCOCCNc1nc(NN)nc2[nH]ncc12. The zero-order valence-electron chi connectivity index (χ0n) is 11.8. The van der Waals surface area contributed by atoms with Crippen LogP contribution in [-0.2, 0) is 4.74 Å². The number of fused-ring (bicyclic) bond motifs is 1. The van der Waals surface area contributed by atoms with Crippen LogP contribution in [0.4, 0.5) is 11.8 Å². The first-order valence-electron chi connectivity index (χ1n) is 6.70. The molecule has 0 bridgehead atoms. The van der Waals surface area contributed by atoms with E-state index in [0.29, 0.717) is 36.5 Å².